The summed E-state index contributed by atoms with van der Waals surface area (Å²) in [6.07, 6.45) is 20.8. The van der Waals surface area contributed by atoms with Crippen LogP contribution in [-0.4, -0.2) is 85.5 Å². The van der Waals surface area contributed by atoms with Crippen molar-refractivity contribution in [3.8, 4) is 22.5 Å². The molecule has 2 unspecified atom stereocenters. The molecule has 0 spiro atoms. The molecule has 4 aromatic carbocycles. The van der Waals surface area contributed by atoms with Crippen LogP contribution in [-0.2, 0) is 87.9 Å². The maximum Gasteiger partial charge on any atom is 0.124 e. The summed E-state index contributed by atoms with van der Waals surface area (Å²) in [6.45, 7) is 96.2. The molecule has 0 amide bonds. The second kappa shape index (κ2) is 47.3. The summed E-state index contributed by atoms with van der Waals surface area (Å²) in [4.78, 5) is 0. The molecule has 18 heteroatoms. The molecule has 0 bridgehead atoms. The van der Waals surface area contributed by atoms with Crippen molar-refractivity contribution in [3.05, 3.63) is 177 Å². The Kier molecular flexibility index (Phi) is 43.6. The highest BCUT2D eigenvalue weighted by Gasteiger charge is 2.43. The van der Waals surface area contributed by atoms with E-state index in [9.17, 15) is 0 Å². The van der Waals surface area contributed by atoms with Gasteiger partial charge in [0.25, 0.3) is 0 Å². The van der Waals surface area contributed by atoms with E-state index in [1.165, 1.54) is 119 Å². The first kappa shape index (κ1) is 120. The van der Waals surface area contributed by atoms with E-state index in [2.05, 4.69) is 478 Å². The van der Waals surface area contributed by atoms with Crippen LogP contribution in [0.15, 0.2) is 120 Å². The zero-order chi connectivity index (χ0) is 96.0. The van der Waals surface area contributed by atoms with Crippen molar-refractivity contribution in [3.63, 3.8) is 0 Å². The third-order valence-electron chi connectivity index (χ3n) is 20.9. The Morgan fingerprint density at radius 2 is 0.608 bits per heavy atom. The van der Waals surface area contributed by atoms with Crippen LogP contribution in [0.2, 0.25) is 0 Å². The molecule has 734 valence electrons. The molecule has 5 aliphatic rings. The van der Waals surface area contributed by atoms with Gasteiger partial charge in [-0.1, -0.05) is 364 Å². The number of rotatable bonds is 0. The first-order chi connectivity index (χ1) is 57.2. The maximum atomic E-state index is 4.70. The Hall–Kier alpha value is -8.02. The van der Waals surface area contributed by atoms with E-state index in [1.807, 2.05) is 21.8 Å². The lowest BCUT2D eigenvalue weighted by atomic mass is 9.80. The Labute approximate surface area is 798 Å². The smallest absolute Gasteiger partial charge is 0.124 e. The van der Waals surface area contributed by atoms with Gasteiger partial charge in [-0.25, -0.2) is 23.4 Å². The Morgan fingerprint density at radius 3 is 0.938 bits per heavy atom. The number of fused-ring (bicyclic) bond motifs is 12. The van der Waals surface area contributed by atoms with Gasteiger partial charge in [0.05, 0.1) is 73.1 Å². The highest BCUT2D eigenvalue weighted by molar-refractivity contribution is 5.82. The molecule has 0 saturated carbocycles. The maximum absolute atomic E-state index is 4.70. The molecule has 0 N–H and O–H groups in total. The van der Waals surface area contributed by atoms with Gasteiger partial charge in [-0.05, 0) is 244 Å². The number of aromatic nitrogens is 15. The van der Waals surface area contributed by atoms with Gasteiger partial charge in [-0.3, -0.25) is 5.01 Å². The minimum absolute atomic E-state index is 0. The van der Waals surface area contributed by atoms with E-state index in [1.54, 1.807) is 0 Å². The Balaban J connectivity index is 0.000000751. The number of hydrogen-bond acceptors (Lipinski definition) is 13. The summed E-state index contributed by atoms with van der Waals surface area (Å²) < 4.78 is 10.2. The van der Waals surface area contributed by atoms with Crippen molar-refractivity contribution < 1.29 is 0 Å². The van der Waals surface area contributed by atoms with Crippen LogP contribution < -0.4 is 0 Å². The number of hydrogen-bond donors (Lipinski definition) is 0. The molecule has 18 nitrogen and oxygen atoms in total. The molecule has 1 aliphatic heterocycles. The number of nitrogens with zero attached hydrogens (tertiary/aromatic N) is 18. The van der Waals surface area contributed by atoms with Gasteiger partial charge in [0.1, 0.15) is 17.8 Å². The Morgan fingerprint density at radius 1 is 0.300 bits per heavy atom. The van der Waals surface area contributed by atoms with E-state index in [-0.39, 0.29) is 96.7 Å². The fourth-order valence-electron chi connectivity index (χ4n) is 14.6. The molecule has 0 saturated heterocycles. The summed E-state index contributed by atoms with van der Waals surface area (Å²) in [5.74, 6) is 0. The monoisotopic (exact) mass is 1790 g/mol. The highest BCUT2D eigenvalue weighted by Crippen LogP contribution is 2.49. The van der Waals surface area contributed by atoms with Crippen LogP contribution in [0.3, 0.4) is 0 Å². The van der Waals surface area contributed by atoms with Gasteiger partial charge in [0, 0.05) is 45.2 Å². The normalized spacial score (nSPS) is 16.3. The lowest BCUT2D eigenvalue weighted by Crippen LogP contribution is -2.39. The van der Waals surface area contributed by atoms with Crippen molar-refractivity contribution in [1.29, 1.82) is 0 Å². The minimum Gasteiger partial charge on any atom is -0.263 e. The third kappa shape index (κ3) is 38.5. The number of benzene rings is 4. The molecule has 9 aromatic rings. The predicted octanol–water partition coefficient (Wildman–Crippen LogP) is 31.8. The average Bonchev–Trinajstić information content (AvgIpc) is 1.61. The standard InChI is InChI=1S/C20H23N3.C20H21N3.2C14H25N3.2C10H19N3.4C5H12.4CH4/c2*1-20(2,3)23-19-17-11-7-5-9-15(17)13-12-14-8-4-6-10-16(14)18(19)21-22-23;2*1-13(2,3)17-11-9-7-6-8-10-14(4,5)12(11)15-16-17;2*1-9(2,3)8-7-13(12-11-8)10(4,5)6;4*1-5(2,3)4;;;;/h4-11,18-19H,12-13H2,1-3H3;4-11H,12-13H2,1-3H3;2*6-10H2,1-5H3;2*7H,1-6H3;4*1-4H3;4*1H4. The third-order valence-corrected chi connectivity index (χ3v) is 20.9. The number of aryl methyl sites for hydroxylation is 4. The van der Waals surface area contributed by atoms with E-state index in [0.29, 0.717) is 21.7 Å². The fourth-order valence-corrected chi connectivity index (χ4v) is 14.6. The molecule has 130 heavy (non-hydrogen) atoms. The van der Waals surface area contributed by atoms with Crippen molar-refractivity contribution in [1.82, 2.24) is 80.0 Å². The first-order valence-electron chi connectivity index (χ1n) is 47.4. The van der Waals surface area contributed by atoms with Gasteiger partial charge < -0.3 is 0 Å². The minimum atomic E-state index is -0.109. The first-order valence-corrected chi connectivity index (χ1v) is 47.4. The summed E-state index contributed by atoms with van der Waals surface area (Å²) in [6, 6.07) is 35.1. The lowest BCUT2D eigenvalue weighted by Gasteiger charge is -2.38. The highest BCUT2D eigenvalue weighted by atomic mass is 15.6. The van der Waals surface area contributed by atoms with Crippen LogP contribution in [0.5, 0.6) is 0 Å². The van der Waals surface area contributed by atoms with Crippen LogP contribution in [0.25, 0.3) is 22.5 Å². The van der Waals surface area contributed by atoms with Gasteiger partial charge in [0.2, 0.25) is 0 Å². The van der Waals surface area contributed by atoms with E-state index >= 15 is 0 Å². The van der Waals surface area contributed by atoms with Crippen molar-refractivity contribution >= 4 is 0 Å². The molecule has 0 radical (unpaired) electrons. The molecule has 0 fully saturated rings. The van der Waals surface area contributed by atoms with Gasteiger partial charge in [0.15, 0.2) is 0 Å². The van der Waals surface area contributed by atoms with Crippen LogP contribution in [0, 0.1) is 21.7 Å². The second-order valence-corrected chi connectivity index (χ2v) is 51.5. The molecule has 6 heterocycles. The molecule has 14 rings (SSSR count). The summed E-state index contributed by atoms with van der Waals surface area (Å²) in [7, 11) is 0. The zero-order valence-electron chi connectivity index (χ0n) is 88.5. The molecular formula is C112H196N18. The SMILES string of the molecule is C.C.C.C.CC(C)(C)C.CC(C)(C)C.CC(C)(C)C.CC(C)(C)C.CC(C)(C)N1N=NC2c3ccccc3CCc3ccccc3C21.CC(C)(C)c1cn(C(C)(C)C)nn1.CC(C)(C)c1cn(C(C)(C)C)nn1.CC(C)(C)n1nnc2c1-c1ccccc1CCc1ccccc1-2.CC1(C)CCCCCc2c1nnn2C(C)(C)C.CC1(C)CCCCCc2c1nnn2C(C)(C)C. The second-order valence-electron chi connectivity index (χ2n) is 51.5. The quantitative estimate of drug-likeness (QED) is 0.141. The molecule has 2 atom stereocenters. The van der Waals surface area contributed by atoms with Gasteiger partial charge in [-0.15, -0.1) is 25.5 Å². The van der Waals surface area contributed by atoms with Gasteiger partial charge in [-0.2, -0.15) is 5.11 Å². The molecular weight excluding hydrogens is 1600 g/mol. The summed E-state index contributed by atoms with van der Waals surface area (Å²) >= 11 is 0. The van der Waals surface area contributed by atoms with E-state index in [4.69, 9.17) is 5.11 Å². The van der Waals surface area contributed by atoms with Crippen LogP contribution in [0.1, 0.15) is 465 Å². The van der Waals surface area contributed by atoms with Crippen molar-refractivity contribution in [2.24, 2.45) is 32.0 Å². The van der Waals surface area contributed by atoms with Crippen LogP contribution in [0.4, 0.5) is 0 Å². The van der Waals surface area contributed by atoms with Crippen molar-refractivity contribution in [2.75, 3.05) is 0 Å². The molecule has 4 aliphatic carbocycles. The lowest BCUT2D eigenvalue weighted by molar-refractivity contribution is 0.0964. The average molecular weight is 1790 g/mol. The summed E-state index contributed by atoms with van der Waals surface area (Å²) in [5, 5.41) is 55.0. The predicted molar refractivity (Wildman–Crippen MR) is 561 cm³/mol. The zero-order valence-corrected chi connectivity index (χ0v) is 88.5. The van der Waals surface area contributed by atoms with Crippen LogP contribution >= 0.6 is 0 Å². The fraction of sp³-hybridized carbons (Fsp3) is 0.696. The topological polar surface area (TPSA) is 182 Å². The van der Waals surface area contributed by atoms with Gasteiger partial charge >= 0.3 is 0 Å². The van der Waals surface area contributed by atoms with E-state index < -0.39 is 0 Å². The molecule has 5 aromatic heterocycles. The largest absolute Gasteiger partial charge is 0.263 e. The van der Waals surface area contributed by atoms with Crippen molar-refractivity contribution in [2.45, 2.75) is 491 Å². The summed E-state index contributed by atoms with van der Waals surface area (Å²) in [5.41, 5.74) is 22.7. The Bertz CT molecular complexity index is 4550. The van der Waals surface area contributed by atoms with E-state index in [0.717, 1.165) is 61.3 Å².